The van der Waals surface area contributed by atoms with Crippen LogP contribution >= 0.6 is 15.9 Å². The molecule has 25 heavy (non-hydrogen) atoms. The second kappa shape index (κ2) is 6.68. The summed E-state index contributed by atoms with van der Waals surface area (Å²) in [5.74, 6) is 0.336. The van der Waals surface area contributed by atoms with Crippen molar-refractivity contribution in [3.8, 4) is 5.75 Å². The predicted octanol–water partition coefficient (Wildman–Crippen LogP) is 3.38. The molecule has 1 aliphatic rings. The van der Waals surface area contributed by atoms with Crippen molar-refractivity contribution in [3.63, 3.8) is 0 Å². The number of hydrogen-bond donors (Lipinski definition) is 1. The summed E-state index contributed by atoms with van der Waals surface area (Å²) in [6.45, 7) is 3.69. The molecular formula is C17H17BrN2O4S. The van der Waals surface area contributed by atoms with Crippen LogP contribution in [0.2, 0.25) is 0 Å². The molecule has 0 aliphatic carbocycles. The van der Waals surface area contributed by atoms with Gasteiger partial charge in [0.05, 0.1) is 17.1 Å². The minimum atomic E-state index is -3.78. The molecule has 0 fully saturated rings. The van der Waals surface area contributed by atoms with E-state index in [1.54, 1.807) is 30.3 Å². The van der Waals surface area contributed by atoms with E-state index in [0.29, 0.717) is 23.7 Å². The lowest BCUT2D eigenvalue weighted by Crippen LogP contribution is -2.41. The van der Waals surface area contributed by atoms with Crippen LogP contribution < -0.4 is 14.4 Å². The van der Waals surface area contributed by atoms with Crippen molar-refractivity contribution >= 4 is 43.2 Å². The zero-order valence-corrected chi connectivity index (χ0v) is 16.1. The van der Waals surface area contributed by atoms with Crippen LogP contribution in [0.15, 0.2) is 51.8 Å². The first-order valence-corrected chi connectivity index (χ1v) is 9.91. The SMILES string of the molecule is CC(=O)N1CC(C)Oc2ccc(S(=O)(=O)Nc3ccc(Br)cc3)cc21. The maximum Gasteiger partial charge on any atom is 0.261 e. The minimum Gasteiger partial charge on any atom is -0.487 e. The van der Waals surface area contributed by atoms with Crippen LogP contribution in [-0.4, -0.2) is 27.0 Å². The fourth-order valence-electron chi connectivity index (χ4n) is 2.61. The average Bonchev–Trinajstić information content (AvgIpc) is 2.55. The fraction of sp³-hybridized carbons (Fsp3) is 0.235. The standard InChI is InChI=1S/C17H17BrN2O4S/c1-11-10-20(12(2)21)16-9-15(7-8-17(16)24-11)25(22,23)19-14-5-3-13(18)4-6-14/h3-9,11,19H,10H2,1-2H3. The van der Waals surface area contributed by atoms with Gasteiger partial charge in [0, 0.05) is 17.1 Å². The molecule has 0 spiro atoms. The van der Waals surface area contributed by atoms with E-state index in [1.165, 1.54) is 24.0 Å². The van der Waals surface area contributed by atoms with Crippen LogP contribution in [0.1, 0.15) is 13.8 Å². The number of rotatable bonds is 3. The highest BCUT2D eigenvalue weighted by Crippen LogP contribution is 2.35. The molecule has 2 aromatic carbocycles. The second-order valence-electron chi connectivity index (χ2n) is 5.80. The Balaban J connectivity index is 1.96. The van der Waals surface area contributed by atoms with Crippen molar-refractivity contribution in [2.75, 3.05) is 16.2 Å². The van der Waals surface area contributed by atoms with Gasteiger partial charge >= 0.3 is 0 Å². The zero-order valence-electron chi connectivity index (χ0n) is 13.7. The number of halogens is 1. The van der Waals surface area contributed by atoms with Gasteiger partial charge in [0.1, 0.15) is 11.9 Å². The maximum atomic E-state index is 12.6. The monoisotopic (exact) mass is 424 g/mol. The molecule has 0 saturated heterocycles. The first-order valence-electron chi connectivity index (χ1n) is 7.63. The van der Waals surface area contributed by atoms with Crippen molar-refractivity contribution < 1.29 is 17.9 Å². The number of fused-ring (bicyclic) bond motifs is 1. The summed E-state index contributed by atoms with van der Waals surface area (Å²) in [5.41, 5.74) is 0.915. The van der Waals surface area contributed by atoms with Crippen molar-refractivity contribution in [2.24, 2.45) is 0 Å². The van der Waals surface area contributed by atoms with E-state index in [0.717, 1.165) is 4.47 Å². The first-order chi connectivity index (χ1) is 11.8. The molecule has 3 rings (SSSR count). The van der Waals surface area contributed by atoms with E-state index in [9.17, 15) is 13.2 Å². The Morgan fingerprint density at radius 3 is 2.56 bits per heavy atom. The van der Waals surface area contributed by atoms with E-state index in [4.69, 9.17) is 4.74 Å². The zero-order chi connectivity index (χ0) is 18.2. The number of sulfonamides is 1. The van der Waals surface area contributed by atoms with Crippen LogP contribution in [0.25, 0.3) is 0 Å². The summed E-state index contributed by atoms with van der Waals surface area (Å²) in [6.07, 6.45) is -0.153. The second-order valence-corrected chi connectivity index (χ2v) is 8.40. The van der Waals surface area contributed by atoms with Gasteiger partial charge in [-0.05, 0) is 49.4 Å². The third kappa shape index (κ3) is 3.80. The Morgan fingerprint density at radius 2 is 1.92 bits per heavy atom. The fourth-order valence-corrected chi connectivity index (χ4v) is 3.96. The molecule has 0 saturated carbocycles. The van der Waals surface area contributed by atoms with E-state index >= 15 is 0 Å². The molecule has 2 aromatic rings. The van der Waals surface area contributed by atoms with Gasteiger partial charge in [-0.25, -0.2) is 8.42 Å². The molecular weight excluding hydrogens is 408 g/mol. The number of anilines is 2. The Bertz CT molecular complexity index is 913. The summed E-state index contributed by atoms with van der Waals surface area (Å²) < 4.78 is 34.4. The third-order valence-electron chi connectivity index (χ3n) is 3.78. The molecule has 0 bridgehead atoms. The lowest BCUT2D eigenvalue weighted by atomic mass is 10.2. The van der Waals surface area contributed by atoms with Crippen LogP contribution in [0, 0.1) is 0 Å². The maximum absolute atomic E-state index is 12.6. The van der Waals surface area contributed by atoms with Gasteiger partial charge in [0.2, 0.25) is 5.91 Å². The minimum absolute atomic E-state index is 0.0681. The third-order valence-corrected chi connectivity index (χ3v) is 5.68. The summed E-state index contributed by atoms with van der Waals surface area (Å²) in [5, 5.41) is 0. The lowest BCUT2D eigenvalue weighted by molar-refractivity contribution is -0.117. The molecule has 132 valence electrons. The largest absolute Gasteiger partial charge is 0.487 e. The summed E-state index contributed by atoms with van der Waals surface area (Å²) in [6, 6.07) is 11.3. The molecule has 1 N–H and O–H groups in total. The molecule has 0 aromatic heterocycles. The summed E-state index contributed by atoms with van der Waals surface area (Å²) >= 11 is 3.31. The van der Waals surface area contributed by atoms with Crippen molar-refractivity contribution in [1.29, 1.82) is 0 Å². The van der Waals surface area contributed by atoms with Crippen LogP contribution in [0.3, 0.4) is 0 Å². The van der Waals surface area contributed by atoms with Crippen molar-refractivity contribution in [3.05, 3.63) is 46.9 Å². The van der Waals surface area contributed by atoms with Gasteiger partial charge < -0.3 is 9.64 Å². The van der Waals surface area contributed by atoms with Crippen molar-refractivity contribution in [1.82, 2.24) is 0 Å². The highest BCUT2D eigenvalue weighted by molar-refractivity contribution is 9.10. The van der Waals surface area contributed by atoms with E-state index in [2.05, 4.69) is 20.7 Å². The number of benzene rings is 2. The lowest BCUT2D eigenvalue weighted by Gasteiger charge is -2.33. The molecule has 6 nitrogen and oxygen atoms in total. The molecule has 1 heterocycles. The molecule has 1 unspecified atom stereocenters. The summed E-state index contributed by atoms with van der Waals surface area (Å²) in [7, 11) is -3.78. The molecule has 8 heteroatoms. The quantitative estimate of drug-likeness (QED) is 0.818. The number of nitrogens with zero attached hydrogens (tertiary/aromatic N) is 1. The predicted molar refractivity (Wildman–Crippen MR) is 99.5 cm³/mol. The van der Waals surface area contributed by atoms with E-state index in [1.807, 2.05) is 6.92 Å². The first kappa shape index (κ1) is 17.8. The number of carbonyl (C=O) groups excluding carboxylic acids is 1. The van der Waals surface area contributed by atoms with Crippen LogP contribution in [-0.2, 0) is 14.8 Å². The molecule has 1 aliphatic heterocycles. The Hall–Kier alpha value is -2.06. The van der Waals surface area contributed by atoms with Gasteiger partial charge in [-0.1, -0.05) is 15.9 Å². The number of carbonyl (C=O) groups is 1. The Kier molecular flexibility index (Phi) is 4.75. The number of amides is 1. The van der Waals surface area contributed by atoms with Crippen LogP contribution in [0.4, 0.5) is 11.4 Å². The highest BCUT2D eigenvalue weighted by atomic mass is 79.9. The normalized spacial score (nSPS) is 16.8. The van der Waals surface area contributed by atoms with Crippen molar-refractivity contribution in [2.45, 2.75) is 24.8 Å². The summed E-state index contributed by atoms with van der Waals surface area (Å²) in [4.78, 5) is 13.5. The van der Waals surface area contributed by atoms with Crippen LogP contribution in [0.5, 0.6) is 5.75 Å². The van der Waals surface area contributed by atoms with Gasteiger partial charge in [0.15, 0.2) is 0 Å². The number of hydrogen-bond acceptors (Lipinski definition) is 4. The topological polar surface area (TPSA) is 75.7 Å². The average molecular weight is 425 g/mol. The molecule has 0 radical (unpaired) electrons. The number of nitrogens with one attached hydrogen (secondary N) is 1. The van der Waals surface area contributed by atoms with E-state index < -0.39 is 10.0 Å². The van der Waals surface area contributed by atoms with Gasteiger partial charge in [-0.2, -0.15) is 0 Å². The highest BCUT2D eigenvalue weighted by Gasteiger charge is 2.27. The molecule has 1 atom stereocenters. The smallest absolute Gasteiger partial charge is 0.261 e. The molecule has 1 amide bonds. The van der Waals surface area contributed by atoms with E-state index in [-0.39, 0.29) is 16.9 Å². The van der Waals surface area contributed by atoms with Gasteiger partial charge in [-0.15, -0.1) is 0 Å². The number of ether oxygens (including phenoxy) is 1. The van der Waals surface area contributed by atoms with Gasteiger partial charge in [-0.3, -0.25) is 9.52 Å². The Labute approximate surface area is 155 Å². The van der Waals surface area contributed by atoms with Gasteiger partial charge in [0.25, 0.3) is 10.0 Å². The Morgan fingerprint density at radius 1 is 1.24 bits per heavy atom.